The molecule has 0 aliphatic carbocycles. The minimum Gasteiger partial charge on any atom is -0.497 e. The number of ether oxygens (including phenoxy) is 2. The lowest BCUT2D eigenvalue weighted by Gasteiger charge is -2.34. The molecule has 0 radical (unpaired) electrons. The van der Waals surface area contributed by atoms with Crippen LogP contribution < -0.4 is 9.47 Å². The topological polar surface area (TPSA) is 76.9 Å². The highest BCUT2D eigenvalue weighted by molar-refractivity contribution is 5.81. The molecule has 3 aromatic rings. The van der Waals surface area contributed by atoms with Gasteiger partial charge in [0.2, 0.25) is 0 Å². The van der Waals surface area contributed by atoms with Gasteiger partial charge >= 0.3 is 0 Å². The average Bonchev–Trinajstić information content (AvgIpc) is 2.97. The number of para-hydroxylation sites is 1. The number of piperidine rings is 1. The molecule has 0 saturated carbocycles. The highest BCUT2D eigenvalue weighted by Gasteiger charge is 2.30. The summed E-state index contributed by atoms with van der Waals surface area (Å²) in [5.74, 6) is 2.34. The first-order valence-corrected chi connectivity index (χ1v) is 12.8. The van der Waals surface area contributed by atoms with Gasteiger partial charge in [0.1, 0.15) is 11.5 Å². The van der Waals surface area contributed by atoms with Crippen LogP contribution in [0.15, 0.2) is 84.1 Å². The first kappa shape index (κ1) is 26.8. The van der Waals surface area contributed by atoms with Crippen LogP contribution in [0.3, 0.4) is 0 Å². The fourth-order valence-corrected chi connectivity index (χ4v) is 4.62. The summed E-state index contributed by atoms with van der Waals surface area (Å²) in [6.45, 7) is 8.55. The van der Waals surface area contributed by atoms with Crippen molar-refractivity contribution in [3.8, 4) is 22.6 Å². The van der Waals surface area contributed by atoms with Crippen LogP contribution in [0.4, 0.5) is 0 Å². The second-order valence-electron chi connectivity index (χ2n) is 9.27. The summed E-state index contributed by atoms with van der Waals surface area (Å²) < 4.78 is 11.3. The first-order chi connectivity index (χ1) is 18.5. The predicted molar refractivity (Wildman–Crippen MR) is 151 cm³/mol. The highest BCUT2D eigenvalue weighted by Crippen LogP contribution is 2.35. The second-order valence-corrected chi connectivity index (χ2v) is 9.27. The van der Waals surface area contributed by atoms with Gasteiger partial charge in [-0.15, -0.1) is 0 Å². The molecule has 1 amide bonds. The maximum absolute atomic E-state index is 13.1. The number of methoxy groups -OCH3 is 1. The smallest absolute Gasteiger partial charge is 0.263 e. The molecule has 1 atom stereocenters. The molecule has 1 aromatic heterocycles. The first-order valence-electron chi connectivity index (χ1n) is 12.8. The standard InChI is InChI=1S/C31H34N4O3/c1-22(10-9-17-32-3)30-33-21-28(25-11-8-14-27(20-25)37-4)29(34-30)24-15-18-35(19-16-24)31(36)23(2)38-26-12-6-5-7-13-26/h5-14,17,20-21,23-24H,3,15-16,18-19H2,1-2,4H3/b17-9-,22-10+. The summed E-state index contributed by atoms with van der Waals surface area (Å²) in [5, 5.41) is 0. The molecular weight excluding hydrogens is 476 g/mol. The minimum absolute atomic E-state index is 0.00471. The monoisotopic (exact) mass is 510 g/mol. The molecule has 2 heterocycles. The van der Waals surface area contributed by atoms with Crippen LogP contribution >= 0.6 is 0 Å². The van der Waals surface area contributed by atoms with E-state index in [1.54, 1.807) is 13.3 Å². The molecule has 1 aliphatic rings. The third-order valence-electron chi connectivity index (χ3n) is 6.69. The Bertz CT molecular complexity index is 1310. The molecule has 4 rings (SSSR count). The van der Waals surface area contributed by atoms with E-state index in [4.69, 9.17) is 14.5 Å². The largest absolute Gasteiger partial charge is 0.497 e. The maximum Gasteiger partial charge on any atom is 0.263 e. The summed E-state index contributed by atoms with van der Waals surface area (Å²) in [4.78, 5) is 28.5. The number of allylic oxidation sites excluding steroid dienone is 3. The number of carbonyl (C=O) groups is 1. The summed E-state index contributed by atoms with van der Waals surface area (Å²) in [6.07, 6.45) is 8.34. The number of likely N-dealkylation sites (tertiary alicyclic amines) is 1. The van der Waals surface area contributed by atoms with Gasteiger partial charge in [-0.25, -0.2) is 9.97 Å². The van der Waals surface area contributed by atoms with Crippen LogP contribution in [0.25, 0.3) is 16.7 Å². The van der Waals surface area contributed by atoms with E-state index >= 15 is 0 Å². The lowest BCUT2D eigenvalue weighted by atomic mass is 9.88. The zero-order chi connectivity index (χ0) is 26.9. The number of aliphatic imine (C=N–C) groups is 1. The van der Waals surface area contributed by atoms with Crippen molar-refractivity contribution >= 4 is 18.2 Å². The molecular formula is C31H34N4O3. The average molecular weight is 511 g/mol. The molecule has 1 aliphatic heterocycles. The van der Waals surface area contributed by atoms with E-state index in [2.05, 4.69) is 16.7 Å². The number of amides is 1. The van der Waals surface area contributed by atoms with Gasteiger partial charge in [0.25, 0.3) is 5.91 Å². The quantitative estimate of drug-likeness (QED) is 0.263. The molecule has 38 heavy (non-hydrogen) atoms. The van der Waals surface area contributed by atoms with Crippen molar-refractivity contribution < 1.29 is 14.3 Å². The van der Waals surface area contributed by atoms with E-state index in [0.29, 0.717) is 24.7 Å². The van der Waals surface area contributed by atoms with Crippen LogP contribution in [-0.4, -0.2) is 53.8 Å². The van der Waals surface area contributed by atoms with E-state index in [-0.39, 0.29) is 11.8 Å². The van der Waals surface area contributed by atoms with E-state index in [0.717, 1.165) is 41.0 Å². The molecule has 1 fully saturated rings. The molecule has 7 heteroatoms. The maximum atomic E-state index is 13.1. The molecule has 2 aromatic carbocycles. The molecule has 0 spiro atoms. The highest BCUT2D eigenvalue weighted by atomic mass is 16.5. The Morgan fingerprint density at radius 1 is 1.13 bits per heavy atom. The van der Waals surface area contributed by atoms with Gasteiger partial charge in [-0.1, -0.05) is 36.4 Å². The Labute approximate surface area is 224 Å². The Morgan fingerprint density at radius 3 is 2.58 bits per heavy atom. The van der Waals surface area contributed by atoms with Crippen molar-refractivity contribution in [3.05, 3.63) is 90.7 Å². The van der Waals surface area contributed by atoms with Crippen LogP contribution in [-0.2, 0) is 4.79 Å². The van der Waals surface area contributed by atoms with Gasteiger partial charge in [-0.2, -0.15) is 0 Å². The third-order valence-corrected chi connectivity index (χ3v) is 6.69. The van der Waals surface area contributed by atoms with Gasteiger partial charge < -0.3 is 14.4 Å². The summed E-state index contributed by atoms with van der Waals surface area (Å²) in [6, 6.07) is 17.4. The Kier molecular flexibility index (Phi) is 9.03. The van der Waals surface area contributed by atoms with Crippen molar-refractivity contribution in [2.45, 2.75) is 38.7 Å². The Balaban J connectivity index is 1.56. The van der Waals surface area contributed by atoms with E-state index in [9.17, 15) is 4.79 Å². The lowest BCUT2D eigenvalue weighted by molar-refractivity contribution is -0.139. The van der Waals surface area contributed by atoms with E-state index in [1.807, 2.05) is 91.7 Å². The predicted octanol–water partition coefficient (Wildman–Crippen LogP) is 5.94. The van der Waals surface area contributed by atoms with Crippen LogP contribution in [0.1, 0.15) is 44.1 Å². The number of nitrogens with zero attached hydrogens (tertiary/aromatic N) is 4. The fourth-order valence-electron chi connectivity index (χ4n) is 4.62. The zero-order valence-electron chi connectivity index (χ0n) is 22.2. The number of hydrogen-bond acceptors (Lipinski definition) is 6. The number of rotatable bonds is 9. The van der Waals surface area contributed by atoms with Crippen molar-refractivity contribution in [1.29, 1.82) is 0 Å². The van der Waals surface area contributed by atoms with E-state index < -0.39 is 6.10 Å². The lowest BCUT2D eigenvalue weighted by Crippen LogP contribution is -2.44. The van der Waals surface area contributed by atoms with Gasteiger partial charge in [0, 0.05) is 37.0 Å². The number of carbonyl (C=O) groups excluding carboxylic acids is 1. The third kappa shape index (κ3) is 6.54. The van der Waals surface area contributed by atoms with Crippen molar-refractivity contribution in [3.63, 3.8) is 0 Å². The van der Waals surface area contributed by atoms with Crippen molar-refractivity contribution in [2.24, 2.45) is 4.99 Å². The SMILES string of the molecule is C=N/C=C\C=C(/C)c1ncc(-c2cccc(OC)c2)c(C2CCN(C(=O)C(C)Oc3ccccc3)CC2)n1. The molecule has 0 bridgehead atoms. The molecule has 7 nitrogen and oxygen atoms in total. The summed E-state index contributed by atoms with van der Waals surface area (Å²) >= 11 is 0. The minimum atomic E-state index is -0.544. The number of aromatic nitrogens is 2. The fraction of sp³-hybridized carbons (Fsp3) is 0.290. The van der Waals surface area contributed by atoms with Crippen LogP contribution in [0.5, 0.6) is 11.5 Å². The van der Waals surface area contributed by atoms with Crippen molar-refractivity contribution in [1.82, 2.24) is 14.9 Å². The van der Waals surface area contributed by atoms with Gasteiger partial charge in [0.05, 0.1) is 12.8 Å². The van der Waals surface area contributed by atoms with Gasteiger partial charge in [-0.05, 0) is 74.9 Å². The molecule has 0 N–H and O–H groups in total. The van der Waals surface area contributed by atoms with E-state index in [1.165, 1.54) is 0 Å². The van der Waals surface area contributed by atoms with Crippen LogP contribution in [0, 0.1) is 0 Å². The molecule has 196 valence electrons. The number of benzene rings is 2. The Morgan fingerprint density at radius 2 is 1.87 bits per heavy atom. The van der Waals surface area contributed by atoms with Gasteiger partial charge in [0.15, 0.2) is 11.9 Å². The van der Waals surface area contributed by atoms with Crippen LogP contribution in [0.2, 0.25) is 0 Å². The Hall–Kier alpha value is -4.26. The summed E-state index contributed by atoms with van der Waals surface area (Å²) in [5.41, 5.74) is 3.91. The second kappa shape index (κ2) is 12.8. The number of hydrogen-bond donors (Lipinski definition) is 0. The molecule has 1 saturated heterocycles. The zero-order valence-corrected chi connectivity index (χ0v) is 22.2. The van der Waals surface area contributed by atoms with Gasteiger partial charge in [-0.3, -0.25) is 9.79 Å². The summed E-state index contributed by atoms with van der Waals surface area (Å²) in [7, 11) is 1.66. The normalized spacial score (nSPS) is 15.3. The molecule has 1 unspecified atom stereocenters. The van der Waals surface area contributed by atoms with Crippen molar-refractivity contribution in [2.75, 3.05) is 20.2 Å².